The molecule has 2 aromatic rings. The number of hydrogen-bond donors (Lipinski definition) is 2. The Hall–Kier alpha value is -1.63. The minimum Gasteiger partial charge on any atom is -0.464 e. The van der Waals surface area contributed by atoms with E-state index in [1.54, 1.807) is 0 Å². The number of nitrogens with zero attached hydrogens (tertiary/aromatic N) is 2. The van der Waals surface area contributed by atoms with Crippen molar-refractivity contribution < 1.29 is 9.90 Å². The highest BCUT2D eigenvalue weighted by Gasteiger charge is 2.12. The van der Waals surface area contributed by atoms with E-state index in [9.17, 15) is 9.59 Å². The molecule has 0 aliphatic heterocycles. The minimum atomic E-state index is -1.33. The van der Waals surface area contributed by atoms with Gasteiger partial charge in [-0.2, -0.15) is 4.57 Å². The lowest BCUT2D eigenvalue weighted by Gasteiger charge is -1.94. The second-order valence-corrected chi connectivity index (χ2v) is 3.49. The van der Waals surface area contributed by atoms with Crippen molar-refractivity contribution in [2.24, 2.45) is 0 Å². The van der Waals surface area contributed by atoms with Crippen LogP contribution < -0.4 is 5.69 Å². The molecule has 0 aromatic carbocycles. The number of aromatic nitrogens is 3. The Kier molecular flexibility index (Phi) is 1.88. The lowest BCUT2D eigenvalue weighted by Crippen LogP contribution is -2.22. The van der Waals surface area contributed by atoms with Crippen molar-refractivity contribution in [2.75, 3.05) is 0 Å². The van der Waals surface area contributed by atoms with Crippen molar-refractivity contribution in [1.29, 1.82) is 0 Å². The minimum absolute atomic E-state index is 0.233. The highest BCUT2D eigenvalue weighted by Crippen LogP contribution is 2.14. The Morgan fingerprint density at radius 2 is 2.36 bits per heavy atom. The summed E-state index contributed by atoms with van der Waals surface area (Å²) in [6, 6.07) is 1.51. The maximum Gasteiger partial charge on any atom is 0.420 e. The van der Waals surface area contributed by atoms with Gasteiger partial charge in [-0.3, -0.25) is 4.98 Å². The average Bonchev–Trinajstić information content (AvgIpc) is 2.40. The fourth-order valence-electron chi connectivity index (χ4n) is 1.15. The molecule has 0 saturated carbocycles. The van der Waals surface area contributed by atoms with E-state index in [-0.39, 0.29) is 11.2 Å². The zero-order chi connectivity index (χ0) is 10.3. The summed E-state index contributed by atoms with van der Waals surface area (Å²) in [5.74, 6) is 0. The van der Waals surface area contributed by atoms with Crippen LogP contribution in [0.5, 0.6) is 0 Å². The fourth-order valence-corrected chi connectivity index (χ4v) is 1.47. The first kappa shape index (κ1) is 8.95. The summed E-state index contributed by atoms with van der Waals surface area (Å²) < 4.78 is 1.21. The molecule has 2 heterocycles. The molecule has 0 bridgehead atoms. The second kappa shape index (κ2) is 2.95. The van der Waals surface area contributed by atoms with Gasteiger partial charge in [0.25, 0.3) is 0 Å². The van der Waals surface area contributed by atoms with Gasteiger partial charge in [-0.25, -0.2) is 14.6 Å². The SMILES string of the molecule is O=C(O)n1c(=O)[nH]c2ncc(Br)cc21. The molecule has 0 radical (unpaired) electrons. The van der Waals surface area contributed by atoms with Crippen molar-refractivity contribution in [1.82, 2.24) is 14.5 Å². The van der Waals surface area contributed by atoms with Crippen LogP contribution in [-0.4, -0.2) is 25.7 Å². The quantitative estimate of drug-likeness (QED) is 0.738. The van der Waals surface area contributed by atoms with Gasteiger partial charge in [0.1, 0.15) is 5.52 Å². The highest BCUT2D eigenvalue weighted by molar-refractivity contribution is 9.10. The molecule has 0 atom stereocenters. The molecule has 2 N–H and O–H groups in total. The molecule has 14 heavy (non-hydrogen) atoms. The maximum atomic E-state index is 11.2. The lowest BCUT2D eigenvalue weighted by atomic mass is 10.4. The Bertz CT molecular complexity index is 571. The smallest absolute Gasteiger partial charge is 0.420 e. The monoisotopic (exact) mass is 257 g/mol. The molecular weight excluding hydrogens is 254 g/mol. The molecule has 0 aliphatic carbocycles. The van der Waals surface area contributed by atoms with Crippen molar-refractivity contribution >= 4 is 33.2 Å². The van der Waals surface area contributed by atoms with E-state index in [1.807, 2.05) is 0 Å². The van der Waals surface area contributed by atoms with Crippen LogP contribution >= 0.6 is 15.9 Å². The number of halogens is 1. The second-order valence-electron chi connectivity index (χ2n) is 2.57. The number of aromatic amines is 1. The third kappa shape index (κ3) is 1.22. The summed E-state index contributed by atoms with van der Waals surface area (Å²) in [7, 11) is 0. The van der Waals surface area contributed by atoms with Crippen LogP contribution in [0.1, 0.15) is 0 Å². The molecule has 2 rings (SSSR count). The number of imidazole rings is 1. The number of nitrogens with one attached hydrogen (secondary N) is 1. The van der Waals surface area contributed by atoms with Gasteiger partial charge in [-0.15, -0.1) is 0 Å². The lowest BCUT2D eigenvalue weighted by molar-refractivity contribution is 0.196. The van der Waals surface area contributed by atoms with E-state index in [0.717, 1.165) is 0 Å². The zero-order valence-electron chi connectivity index (χ0n) is 6.69. The van der Waals surface area contributed by atoms with E-state index in [4.69, 9.17) is 5.11 Å². The van der Waals surface area contributed by atoms with E-state index in [0.29, 0.717) is 9.04 Å². The van der Waals surface area contributed by atoms with E-state index in [1.165, 1.54) is 12.3 Å². The van der Waals surface area contributed by atoms with Crippen molar-refractivity contribution in [3.8, 4) is 0 Å². The Morgan fingerprint density at radius 1 is 1.64 bits per heavy atom. The van der Waals surface area contributed by atoms with Gasteiger partial charge < -0.3 is 5.11 Å². The van der Waals surface area contributed by atoms with E-state index in [2.05, 4.69) is 25.9 Å². The van der Waals surface area contributed by atoms with E-state index >= 15 is 0 Å². The van der Waals surface area contributed by atoms with Crippen molar-refractivity contribution in [3.63, 3.8) is 0 Å². The number of fused-ring (bicyclic) bond motifs is 1. The molecule has 0 unspecified atom stereocenters. The summed E-state index contributed by atoms with van der Waals surface area (Å²) in [6.07, 6.45) is 0.144. The molecule has 0 saturated heterocycles. The van der Waals surface area contributed by atoms with E-state index < -0.39 is 11.8 Å². The molecule has 0 aliphatic rings. The summed E-state index contributed by atoms with van der Waals surface area (Å²) in [4.78, 5) is 28.1. The summed E-state index contributed by atoms with van der Waals surface area (Å²) in [5.41, 5.74) is -0.226. The molecule has 7 heteroatoms. The van der Waals surface area contributed by atoms with Gasteiger partial charge in [-0.05, 0) is 22.0 Å². The molecule has 6 nitrogen and oxygen atoms in total. The van der Waals surface area contributed by atoms with Gasteiger partial charge in [0.05, 0.1) is 0 Å². The molecule has 0 fully saturated rings. The number of pyridine rings is 1. The van der Waals surface area contributed by atoms with Gasteiger partial charge in [0, 0.05) is 10.7 Å². The third-order valence-corrected chi connectivity index (χ3v) is 2.13. The first-order chi connectivity index (χ1) is 6.59. The third-order valence-electron chi connectivity index (χ3n) is 1.69. The number of H-pyrrole nitrogens is 1. The first-order valence-corrected chi connectivity index (χ1v) is 4.38. The standard InChI is InChI=1S/C7H4BrN3O3/c8-3-1-4-5(9-2-3)10-6(12)11(4)7(13)14/h1-2H,(H,13,14)(H,9,10,12). The molecular formula is C7H4BrN3O3. The molecule has 2 aromatic heterocycles. The van der Waals surface area contributed by atoms with Crippen LogP contribution in [0.15, 0.2) is 21.5 Å². The summed E-state index contributed by atoms with van der Waals surface area (Å²) >= 11 is 3.14. The average molecular weight is 258 g/mol. The first-order valence-electron chi connectivity index (χ1n) is 3.59. The van der Waals surface area contributed by atoms with Crippen LogP contribution in [0.3, 0.4) is 0 Å². The van der Waals surface area contributed by atoms with Gasteiger partial charge in [0.2, 0.25) is 0 Å². The maximum absolute atomic E-state index is 11.2. The fraction of sp³-hybridized carbons (Fsp3) is 0. The van der Waals surface area contributed by atoms with Crippen LogP contribution in [0.4, 0.5) is 4.79 Å². The topological polar surface area (TPSA) is 88.0 Å². The van der Waals surface area contributed by atoms with Gasteiger partial charge >= 0.3 is 11.8 Å². The Balaban J connectivity index is 2.93. The van der Waals surface area contributed by atoms with Gasteiger partial charge in [-0.1, -0.05) is 0 Å². The number of hydrogen-bond acceptors (Lipinski definition) is 3. The normalized spacial score (nSPS) is 10.6. The number of rotatable bonds is 0. The number of carboxylic acid groups (broad SMARTS) is 1. The Labute approximate surface area is 85.3 Å². The zero-order valence-corrected chi connectivity index (χ0v) is 8.28. The number of carbonyl (C=O) groups is 1. The summed E-state index contributed by atoms with van der Waals surface area (Å²) in [5, 5.41) is 8.74. The molecule has 0 amide bonds. The van der Waals surface area contributed by atoms with Crippen LogP contribution in [-0.2, 0) is 0 Å². The summed E-state index contributed by atoms with van der Waals surface area (Å²) in [6.45, 7) is 0. The largest absolute Gasteiger partial charge is 0.464 e. The Morgan fingerprint density at radius 3 is 3.00 bits per heavy atom. The van der Waals surface area contributed by atoms with Crippen LogP contribution in [0.2, 0.25) is 0 Å². The highest BCUT2D eigenvalue weighted by atomic mass is 79.9. The molecule has 72 valence electrons. The predicted octanol–water partition coefficient (Wildman–Crippen LogP) is 1.01. The predicted molar refractivity (Wildman–Crippen MR) is 51.5 cm³/mol. The van der Waals surface area contributed by atoms with Crippen LogP contribution in [0, 0.1) is 0 Å². The van der Waals surface area contributed by atoms with Crippen molar-refractivity contribution in [2.45, 2.75) is 0 Å². The van der Waals surface area contributed by atoms with Crippen LogP contribution in [0.25, 0.3) is 11.2 Å². The van der Waals surface area contributed by atoms with Crippen molar-refractivity contribution in [3.05, 3.63) is 27.2 Å². The van der Waals surface area contributed by atoms with Gasteiger partial charge in [0.15, 0.2) is 5.65 Å². The molecule has 0 spiro atoms.